The molecular formula is C22H24FNO3. The molecule has 0 aliphatic carbocycles. The maximum atomic E-state index is 13.0. The molecule has 1 aliphatic rings. The van der Waals surface area contributed by atoms with E-state index in [9.17, 15) is 14.0 Å². The number of carbonyl (C=O) groups excluding carboxylic acids is 2. The second-order valence-corrected chi connectivity index (χ2v) is 7.00. The lowest BCUT2D eigenvalue weighted by Gasteiger charge is -2.34. The molecule has 1 saturated heterocycles. The summed E-state index contributed by atoms with van der Waals surface area (Å²) < 4.78 is 18.4. The van der Waals surface area contributed by atoms with Gasteiger partial charge in [0.15, 0.2) is 0 Å². The van der Waals surface area contributed by atoms with Gasteiger partial charge in [0.2, 0.25) is 6.10 Å². The molecule has 0 spiro atoms. The lowest BCUT2D eigenvalue weighted by molar-refractivity contribution is -0.160. The Bertz CT molecular complexity index is 768. The summed E-state index contributed by atoms with van der Waals surface area (Å²) in [6, 6.07) is 15.7. The molecule has 1 fully saturated rings. The van der Waals surface area contributed by atoms with E-state index in [4.69, 9.17) is 4.74 Å². The first-order valence-electron chi connectivity index (χ1n) is 9.28. The maximum absolute atomic E-state index is 13.0. The average Bonchev–Trinajstić information content (AvgIpc) is 2.68. The van der Waals surface area contributed by atoms with Gasteiger partial charge < -0.3 is 9.64 Å². The SMILES string of the molecule is CC(=O)O[C@@H](C(=O)N1CCC(Cc2ccc(F)cc2)CC1)c1ccccc1. The topological polar surface area (TPSA) is 46.6 Å². The predicted molar refractivity (Wildman–Crippen MR) is 100 cm³/mol. The van der Waals surface area contributed by atoms with Crippen molar-refractivity contribution in [2.75, 3.05) is 13.1 Å². The van der Waals surface area contributed by atoms with E-state index in [1.807, 2.05) is 30.3 Å². The van der Waals surface area contributed by atoms with Crippen molar-refractivity contribution >= 4 is 11.9 Å². The van der Waals surface area contributed by atoms with E-state index >= 15 is 0 Å². The third-order valence-electron chi connectivity index (χ3n) is 4.97. The number of piperidine rings is 1. The molecule has 3 rings (SSSR count). The van der Waals surface area contributed by atoms with E-state index in [1.54, 1.807) is 17.0 Å². The fraction of sp³-hybridized carbons (Fsp3) is 0.364. The lowest BCUT2D eigenvalue weighted by atomic mass is 9.90. The zero-order valence-electron chi connectivity index (χ0n) is 15.4. The molecule has 1 heterocycles. The van der Waals surface area contributed by atoms with Crippen LogP contribution >= 0.6 is 0 Å². The first kappa shape index (κ1) is 19.1. The van der Waals surface area contributed by atoms with Crippen molar-refractivity contribution in [3.8, 4) is 0 Å². The summed E-state index contributed by atoms with van der Waals surface area (Å²) in [7, 11) is 0. The van der Waals surface area contributed by atoms with Gasteiger partial charge in [-0.05, 0) is 42.9 Å². The predicted octanol–water partition coefficient (Wildman–Crippen LogP) is 3.91. The molecule has 142 valence electrons. The van der Waals surface area contributed by atoms with Crippen molar-refractivity contribution in [2.45, 2.75) is 32.3 Å². The molecule has 0 bridgehead atoms. The Morgan fingerprint density at radius 1 is 1.07 bits per heavy atom. The van der Waals surface area contributed by atoms with E-state index < -0.39 is 12.1 Å². The zero-order chi connectivity index (χ0) is 19.2. The van der Waals surface area contributed by atoms with Crippen molar-refractivity contribution in [1.82, 2.24) is 4.90 Å². The van der Waals surface area contributed by atoms with Gasteiger partial charge in [-0.3, -0.25) is 9.59 Å². The maximum Gasteiger partial charge on any atom is 0.303 e. The Hall–Kier alpha value is -2.69. The van der Waals surface area contributed by atoms with Crippen LogP contribution in [0.5, 0.6) is 0 Å². The molecule has 5 heteroatoms. The number of hydrogen-bond donors (Lipinski definition) is 0. The first-order chi connectivity index (χ1) is 13.0. The zero-order valence-corrected chi connectivity index (χ0v) is 15.4. The van der Waals surface area contributed by atoms with Crippen molar-refractivity contribution in [2.24, 2.45) is 5.92 Å². The van der Waals surface area contributed by atoms with Gasteiger partial charge in [-0.25, -0.2) is 4.39 Å². The minimum atomic E-state index is -0.891. The quantitative estimate of drug-likeness (QED) is 0.751. The van der Waals surface area contributed by atoms with Crippen LogP contribution in [-0.4, -0.2) is 29.9 Å². The summed E-state index contributed by atoms with van der Waals surface area (Å²) in [5.41, 5.74) is 1.80. The molecule has 0 aromatic heterocycles. The Morgan fingerprint density at radius 2 is 1.70 bits per heavy atom. The number of halogens is 1. The van der Waals surface area contributed by atoms with Gasteiger partial charge in [-0.2, -0.15) is 0 Å². The third-order valence-corrected chi connectivity index (χ3v) is 4.97. The number of amides is 1. The number of esters is 1. The molecule has 2 aromatic rings. The first-order valence-corrected chi connectivity index (χ1v) is 9.28. The summed E-state index contributed by atoms with van der Waals surface area (Å²) in [5.74, 6) is -0.403. The van der Waals surface area contributed by atoms with Gasteiger partial charge in [0.1, 0.15) is 5.82 Å². The van der Waals surface area contributed by atoms with E-state index in [2.05, 4.69) is 0 Å². The Morgan fingerprint density at radius 3 is 2.30 bits per heavy atom. The van der Waals surface area contributed by atoms with Gasteiger partial charge in [0, 0.05) is 25.6 Å². The van der Waals surface area contributed by atoms with Gasteiger partial charge in [-0.15, -0.1) is 0 Å². The highest BCUT2D eigenvalue weighted by molar-refractivity contribution is 5.84. The van der Waals surface area contributed by atoms with Crippen LogP contribution in [0.2, 0.25) is 0 Å². The summed E-state index contributed by atoms with van der Waals surface area (Å²) in [4.78, 5) is 26.2. The van der Waals surface area contributed by atoms with Crippen LogP contribution < -0.4 is 0 Å². The van der Waals surface area contributed by atoms with Gasteiger partial charge in [0.25, 0.3) is 5.91 Å². The standard InChI is InChI=1S/C22H24FNO3/c1-16(25)27-21(19-5-3-2-4-6-19)22(26)24-13-11-18(12-14-24)15-17-7-9-20(23)10-8-17/h2-10,18,21H,11-15H2,1H3/t21-/m1/s1. The smallest absolute Gasteiger partial charge is 0.303 e. The highest BCUT2D eigenvalue weighted by atomic mass is 19.1. The van der Waals surface area contributed by atoms with E-state index in [-0.39, 0.29) is 11.7 Å². The molecule has 1 atom stereocenters. The normalized spacial score (nSPS) is 16.0. The van der Waals surface area contributed by atoms with E-state index in [1.165, 1.54) is 19.1 Å². The van der Waals surface area contributed by atoms with Gasteiger partial charge >= 0.3 is 5.97 Å². The lowest BCUT2D eigenvalue weighted by Crippen LogP contribution is -2.42. The summed E-state index contributed by atoms with van der Waals surface area (Å²) in [6.07, 6.45) is 1.75. The molecule has 0 N–H and O–H groups in total. The number of carbonyl (C=O) groups is 2. The van der Waals surface area contributed by atoms with Gasteiger partial charge in [-0.1, -0.05) is 42.5 Å². The van der Waals surface area contributed by atoms with Crippen LogP contribution in [0.4, 0.5) is 4.39 Å². The largest absolute Gasteiger partial charge is 0.447 e. The monoisotopic (exact) mass is 369 g/mol. The van der Waals surface area contributed by atoms with Crippen LogP contribution in [-0.2, 0) is 20.7 Å². The molecule has 0 saturated carbocycles. The molecule has 0 radical (unpaired) electrons. The van der Waals surface area contributed by atoms with Crippen molar-refractivity contribution in [1.29, 1.82) is 0 Å². The van der Waals surface area contributed by atoms with E-state index in [0.717, 1.165) is 24.8 Å². The van der Waals surface area contributed by atoms with E-state index in [0.29, 0.717) is 24.6 Å². The minimum absolute atomic E-state index is 0.170. The molecule has 0 unspecified atom stereocenters. The fourth-order valence-electron chi connectivity index (χ4n) is 3.53. The van der Waals surface area contributed by atoms with Crippen molar-refractivity contribution in [3.63, 3.8) is 0 Å². The van der Waals surface area contributed by atoms with Crippen molar-refractivity contribution in [3.05, 3.63) is 71.5 Å². The van der Waals surface area contributed by atoms with Gasteiger partial charge in [0.05, 0.1) is 0 Å². The minimum Gasteiger partial charge on any atom is -0.447 e. The fourth-order valence-corrected chi connectivity index (χ4v) is 3.53. The average molecular weight is 369 g/mol. The van der Waals surface area contributed by atoms with Crippen molar-refractivity contribution < 1.29 is 18.7 Å². The second-order valence-electron chi connectivity index (χ2n) is 7.00. The molecule has 27 heavy (non-hydrogen) atoms. The number of likely N-dealkylation sites (tertiary alicyclic amines) is 1. The van der Waals surface area contributed by atoms with Crippen LogP contribution in [0.15, 0.2) is 54.6 Å². The Kier molecular flexibility index (Phi) is 6.22. The van der Waals surface area contributed by atoms with Crippen LogP contribution in [0.25, 0.3) is 0 Å². The molecule has 1 amide bonds. The van der Waals surface area contributed by atoms with Crippen LogP contribution in [0.1, 0.15) is 37.0 Å². The second kappa shape index (κ2) is 8.80. The summed E-state index contributed by atoms with van der Waals surface area (Å²) in [6.45, 7) is 2.59. The molecule has 1 aliphatic heterocycles. The number of ether oxygens (including phenoxy) is 1. The molecule has 4 nitrogen and oxygen atoms in total. The third kappa shape index (κ3) is 5.16. The Labute approximate surface area is 158 Å². The number of rotatable bonds is 5. The number of hydrogen-bond acceptors (Lipinski definition) is 3. The highest BCUT2D eigenvalue weighted by Crippen LogP contribution is 2.26. The van der Waals surface area contributed by atoms with Crippen LogP contribution in [0.3, 0.4) is 0 Å². The molecule has 2 aromatic carbocycles. The summed E-state index contributed by atoms with van der Waals surface area (Å²) in [5, 5.41) is 0. The highest BCUT2D eigenvalue weighted by Gasteiger charge is 2.31. The molecular weight excluding hydrogens is 345 g/mol. The Balaban J connectivity index is 1.60. The number of benzene rings is 2. The summed E-state index contributed by atoms with van der Waals surface area (Å²) >= 11 is 0. The van der Waals surface area contributed by atoms with Crippen LogP contribution in [0, 0.1) is 11.7 Å². The number of nitrogens with zero attached hydrogens (tertiary/aromatic N) is 1.